The van der Waals surface area contributed by atoms with Gasteiger partial charge in [-0.3, -0.25) is 4.90 Å². The molecule has 0 N–H and O–H groups in total. The molecule has 14 heavy (non-hydrogen) atoms. The van der Waals surface area contributed by atoms with Gasteiger partial charge in [0.05, 0.1) is 0 Å². The van der Waals surface area contributed by atoms with E-state index in [1.54, 1.807) is 0 Å². The Kier molecular flexibility index (Phi) is 4.00. The molecule has 1 heteroatoms. The molecule has 0 saturated carbocycles. The quantitative estimate of drug-likeness (QED) is 0.654. The summed E-state index contributed by atoms with van der Waals surface area (Å²) in [6.45, 7) is 14.4. The van der Waals surface area contributed by atoms with Gasteiger partial charge in [0.2, 0.25) is 0 Å². The maximum atomic E-state index is 2.66. The molecule has 1 aliphatic rings. The molecule has 0 aliphatic carbocycles. The Bertz CT molecular complexity index is 169. The van der Waals surface area contributed by atoms with Crippen molar-refractivity contribution in [2.75, 3.05) is 13.1 Å². The van der Waals surface area contributed by atoms with Gasteiger partial charge in [0.15, 0.2) is 0 Å². The first kappa shape index (κ1) is 12.0. The van der Waals surface area contributed by atoms with Crippen LogP contribution in [0.5, 0.6) is 0 Å². The normalized spacial score (nSPS) is 27.6. The molecule has 84 valence electrons. The number of piperidine rings is 1. The van der Waals surface area contributed by atoms with Crippen LogP contribution in [0.4, 0.5) is 0 Å². The number of rotatable bonds is 2. The van der Waals surface area contributed by atoms with Gasteiger partial charge in [-0.15, -0.1) is 0 Å². The highest BCUT2D eigenvalue weighted by molar-refractivity contribution is 4.83. The van der Waals surface area contributed by atoms with Gasteiger partial charge in [-0.25, -0.2) is 0 Å². The fourth-order valence-corrected chi connectivity index (χ4v) is 2.42. The van der Waals surface area contributed by atoms with E-state index in [-0.39, 0.29) is 0 Å². The van der Waals surface area contributed by atoms with Crippen molar-refractivity contribution >= 4 is 0 Å². The van der Waals surface area contributed by atoms with E-state index in [2.05, 4.69) is 39.5 Å². The van der Waals surface area contributed by atoms with Crippen LogP contribution >= 0.6 is 0 Å². The molecular formula is C13H27N. The molecule has 1 saturated heterocycles. The van der Waals surface area contributed by atoms with E-state index in [0.717, 1.165) is 11.8 Å². The zero-order chi connectivity index (χ0) is 10.8. The highest BCUT2D eigenvalue weighted by Gasteiger charge is 2.29. The van der Waals surface area contributed by atoms with Gasteiger partial charge in [0, 0.05) is 12.1 Å². The van der Waals surface area contributed by atoms with Crippen LogP contribution in [0.15, 0.2) is 0 Å². The molecule has 1 unspecified atom stereocenters. The van der Waals surface area contributed by atoms with Gasteiger partial charge < -0.3 is 0 Å². The van der Waals surface area contributed by atoms with Crippen LogP contribution in [0.1, 0.15) is 53.9 Å². The summed E-state index contributed by atoms with van der Waals surface area (Å²) in [4.78, 5) is 2.66. The Morgan fingerprint density at radius 3 is 2.50 bits per heavy atom. The molecule has 1 nitrogen and oxygen atoms in total. The van der Waals surface area contributed by atoms with Crippen LogP contribution in [0, 0.1) is 11.8 Å². The van der Waals surface area contributed by atoms with E-state index in [9.17, 15) is 0 Å². The van der Waals surface area contributed by atoms with Crippen LogP contribution in [0.25, 0.3) is 0 Å². The van der Waals surface area contributed by atoms with Gasteiger partial charge >= 0.3 is 0 Å². The zero-order valence-corrected chi connectivity index (χ0v) is 10.6. The van der Waals surface area contributed by atoms with Gasteiger partial charge in [0.1, 0.15) is 0 Å². The number of hydrogen-bond donors (Lipinski definition) is 0. The Morgan fingerprint density at radius 1 is 1.36 bits per heavy atom. The van der Waals surface area contributed by atoms with Crippen LogP contribution in [-0.4, -0.2) is 23.5 Å². The fourth-order valence-electron chi connectivity index (χ4n) is 2.42. The monoisotopic (exact) mass is 197 g/mol. The Morgan fingerprint density at radius 2 is 2.00 bits per heavy atom. The largest absolute Gasteiger partial charge is 0.298 e. The molecule has 1 rings (SSSR count). The average molecular weight is 197 g/mol. The Hall–Kier alpha value is -0.0400. The lowest BCUT2D eigenvalue weighted by Gasteiger charge is -2.43. The highest BCUT2D eigenvalue weighted by Crippen LogP contribution is 2.29. The number of hydrogen-bond acceptors (Lipinski definition) is 1. The maximum Gasteiger partial charge on any atom is 0.0125 e. The summed E-state index contributed by atoms with van der Waals surface area (Å²) < 4.78 is 0. The van der Waals surface area contributed by atoms with Gasteiger partial charge in [-0.1, -0.05) is 20.3 Å². The third kappa shape index (κ3) is 2.98. The lowest BCUT2D eigenvalue weighted by molar-refractivity contribution is 0.0603. The molecule has 2 atom stereocenters. The molecule has 0 spiro atoms. The molecule has 1 fully saturated rings. The topological polar surface area (TPSA) is 3.24 Å². The van der Waals surface area contributed by atoms with Crippen molar-refractivity contribution in [3.8, 4) is 0 Å². The second-order valence-corrected chi connectivity index (χ2v) is 5.90. The van der Waals surface area contributed by atoms with E-state index in [1.807, 2.05) is 0 Å². The number of likely N-dealkylation sites (tertiary alicyclic amines) is 1. The van der Waals surface area contributed by atoms with E-state index in [4.69, 9.17) is 0 Å². The van der Waals surface area contributed by atoms with Crippen molar-refractivity contribution in [3.05, 3.63) is 0 Å². The van der Waals surface area contributed by atoms with Crippen LogP contribution in [0.2, 0.25) is 0 Å². The van der Waals surface area contributed by atoms with Crippen molar-refractivity contribution in [1.82, 2.24) is 4.90 Å². The standard InChI is InChI=1S/C13H27N/c1-6-11(2)12-8-7-9-14(10-12)13(3,4)5/h11-12H,6-10H2,1-5H3/t11?,12-/m1/s1. The first-order valence-corrected chi connectivity index (χ1v) is 6.20. The Balaban J connectivity index is 2.52. The predicted molar refractivity (Wildman–Crippen MR) is 63.5 cm³/mol. The summed E-state index contributed by atoms with van der Waals surface area (Å²) in [5, 5.41) is 0. The van der Waals surface area contributed by atoms with Crippen molar-refractivity contribution in [3.63, 3.8) is 0 Å². The zero-order valence-electron chi connectivity index (χ0n) is 10.6. The van der Waals surface area contributed by atoms with Gasteiger partial charge in [-0.2, -0.15) is 0 Å². The second-order valence-electron chi connectivity index (χ2n) is 5.90. The maximum absolute atomic E-state index is 2.66. The van der Waals surface area contributed by atoms with Crippen LogP contribution in [-0.2, 0) is 0 Å². The van der Waals surface area contributed by atoms with Gasteiger partial charge in [-0.05, 0) is 52.0 Å². The lowest BCUT2D eigenvalue weighted by Crippen LogP contribution is -2.48. The van der Waals surface area contributed by atoms with Crippen molar-refractivity contribution in [2.24, 2.45) is 11.8 Å². The predicted octanol–water partition coefficient (Wildman–Crippen LogP) is 3.54. The average Bonchev–Trinajstić information content (AvgIpc) is 2.15. The van der Waals surface area contributed by atoms with Crippen LogP contribution in [0.3, 0.4) is 0 Å². The fraction of sp³-hybridized carbons (Fsp3) is 1.00. The molecule has 0 aromatic carbocycles. The smallest absolute Gasteiger partial charge is 0.0125 e. The lowest BCUT2D eigenvalue weighted by atomic mass is 9.83. The summed E-state index contributed by atoms with van der Waals surface area (Å²) >= 11 is 0. The third-order valence-corrected chi connectivity index (χ3v) is 3.86. The van der Waals surface area contributed by atoms with E-state index in [1.165, 1.54) is 32.4 Å². The van der Waals surface area contributed by atoms with Crippen molar-refractivity contribution < 1.29 is 0 Å². The molecule has 1 aliphatic heterocycles. The van der Waals surface area contributed by atoms with Crippen LogP contribution < -0.4 is 0 Å². The SMILES string of the molecule is CCC(C)[C@@H]1CCCN(C(C)(C)C)C1. The highest BCUT2D eigenvalue weighted by atomic mass is 15.2. The molecule has 0 amide bonds. The minimum Gasteiger partial charge on any atom is -0.298 e. The van der Waals surface area contributed by atoms with Crippen molar-refractivity contribution in [2.45, 2.75) is 59.4 Å². The summed E-state index contributed by atoms with van der Waals surface area (Å²) in [5.74, 6) is 1.84. The third-order valence-electron chi connectivity index (χ3n) is 3.86. The van der Waals surface area contributed by atoms with E-state index >= 15 is 0 Å². The minimum absolute atomic E-state index is 0.367. The summed E-state index contributed by atoms with van der Waals surface area (Å²) in [6.07, 6.45) is 4.18. The molecule has 0 aromatic rings. The van der Waals surface area contributed by atoms with E-state index < -0.39 is 0 Å². The molecular weight excluding hydrogens is 170 g/mol. The number of nitrogens with zero attached hydrogens (tertiary/aromatic N) is 1. The molecule has 1 heterocycles. The molecule has 0 aromatic heterocycles. The minimum atomic E-state index is 0.367. The molecule has 0 radical (unpaired) electrons. The summed E-state index contributed by atoms with van der Waals surface area (Å²) in [5.41, 5.74) is 0.367. The van der Waals surface area contributed by atoms with E-state index in [0.29, 0.717) is 5.54 Å². The summed E-state index contributed by atoms with van der Waals surface area (Å²) in [7, 11) is 0. The first-order valence-electron chi connectivity index (χ1n) is 6.20. The first-order chi connectivity index (χ1) is 6.45. The second kappa shape index (κ2) is 4.65. The molecule has 0 bridgehead atoms. The van der Waals surface area contributed by atoms with Gasteiger partial charge in [0.25, 0.3) is 0 Å². The van der Waals surface area contributed by atoms with Crippen molar-refractivity contribution in [1.29, 1.82) is 0 Å². The summed E-state index contributed by atoms with van der Waals surface area (Å²) in [6, 6.07) is 0. The Labute approximate surface area is 89.9 Å².